The molecule has 2 N–H and O–H groups in total. The number of carbonyl (C=O) groups excluding carboxylic acids is 1. The molecule has 0 bridgehead atoms. The molecule has 0 spiro atoms. The molecule has 0 aliphatic heterocycles. The number of benzene rings is 1. The second-order valence-corrected chi connectivity index (χ2v) is 3.76. The molecule has 1 unspecified atom stereocenters. The second-order valence-electron chi connectivity index (χ2n) is 3.35. The molecule has 3 heteroatoms. The van der Waals surface area contributed by atoms with Gasteiger partial charge in [0.25, 0.3) is 0 Å². The second kappa shape index (κ2) is 3.80. The number of halogens is 1. The first-order valence-electron chi connectivity index (χ1n) is 6.04. The maximum atomic E-state index is 12.1. The molecule has 0 amide bonds. The number of ketones is 1. The minimum absolute atomic E-state index is 0.0573. The Labute approximate surface area is 97.9 Å². The van der Waals surface area contributed by atoms with Gasteiger partial charge in [-0.25, -0.2) is 0 Å². The average molecular weight is 225 g/mol. The summed E-state index contributed by atoms with van der Waals surface area (Å²) in [4.78, 5) is 12.1. The molecule has 1 aliphatic rings. The van der Waals surface area contributed by atoms with E-state index >= 15 is 0 Å². The average Bonchev–Trinajstić information content (AvgIpc) is 2.25. The molecule has 0 fully saturated rings. The molecule has 1 atom stereocenters. The van der Waals surface area contributed by atoms with Gasteiger partial charge < -0.3 is 5.73 Å². The molecule has 78 valence electrons. The van der Waals surface area contributed by atoms with Gasteiger partial charge in [0, 0.05) is 7.76 Å². The van der Waals surface area contributed by atoms with Crippen molar-refractivity contribution in [1.29, 1.82) is 0 Å². The zero-order chi connectivity index (χ0) is 13.6. The van der Waals surface area contributed by atoms with Gasteiger partial charge in [0.05, 0.1) is 1.37 Å². The highest BCUT2D eigenvalue weighted by atomic mass is 35.5. The quantitative estimate of drug-likeness (QED) is 0.796. The summed E-state index contributed by atoms with van der Waals surface area (Å²) in [7, 11) is 0. The number of allylic oxidation sites excluding steroid dienone is 1. The molecule has 0 saturated heterocycles. The van der Waals surface area contributed by atoms with Crippen LogP contribution >= 0.6 is 11.6 Å². The highest BCUT2D eigenvalue weighted by Gasteiger charge is 2.36. The number of hydrogen-bond acceptors (Lipinski definition) is 2. The van der Waals surface area contributed by atoms with Crippen LogP contribution in [0.25, 0.3) is 0 Å². The summed E-state index contributed by atoms with van der Waals surface area (Å²) in [6.45, 7) is 0. The van der Waals surface area contributed by atoms with E-state index in [2.05, 4.69) is 0 Å². The molecule has 0 aromatic heterocycles. The predicted molar refractivity (Wildman–Crippen MR) is 60.7 cm³/mol. The van der Waals surface area contributed by atoms with Gasteiger partial charge in [-0.15, -0.1) is 0 Å². The molecule has 0 saturated carbocycles. The molecule has 2 rings (SSSR count). The van der Waals surface area contributed by atoms with Crippen LogP contribution in [0, 0.1) is 0 Å². The topological polar surface area (TPSA) is 43.1 Å². The van der Waals surface area contributed by atoms with Crippen LogP contribution in [0.5, 0.6) is 0 Å². The van der Waals surface area contributed by atoms with Crippen molar-refractivity contribution in [1.82, 2.24) is 0 Å². The van der Waals surface area contributed by atoms with Crippen molar-refractivity contribution < 1.29 is 8.91 Å². The fourth-order valence-corrected chi connectivity index (χ4v) is 1.83. The van der Waals surface area contributed by atoms with E-state index in [1.54, 1.807) is 24.3 Å². The van der Waals surface area contributed by atoms with Crippen molar-refractivity contribution >= 4 is 17.4 Å². The fourth-order valence-electron chi connectivity index (χ4n) is 1.54. The molecule has 1 aromatic rings. The van der Waals surface area contributed by atoms with Crippen LogP contribution in [0.2, 0.25) is 5.02 Å². The third-order valence-electron chi connectivity index (χ3n) is 2.39. The zero-order valence-electron chi connectivity index (χ0n) is 11.0. The minimum Gasteiger partial charge on any atom is -0.315 e. The third kappa shape index (κ3) is 1.71. The van der Waals surface area contributed by atoms with Crippen molar-refractivity contribution in [3.05, 3.63) is 47.0 Å². The molecule has 0 heterocycles. The van der Waals surface area contributed by atoms with E-state index in [0.29, 0.717) is 0 Å². The van der Waals surface area contributed by atoms with Crippen LogP contribution in [-0.4, -0.2) is 5.78 Å². The third-order valence-corrected chi connectivity index (χ3v) is 2.72. The standard InChI is InChI=1S/C12H12ClNO/c13-10-6-2-1-5-9(10)12(14)8-4-3-7-11(12)15/h1-3,5-7H,4,8,14H2/i3D,8D2. The normalized spacial score (nSPS) is 32.5. The van der Waals surface area contributed by atoms with Crippen LogP contribution < -0.4 is 5.73 Å². The molecular formula is C12H12ClNO. The Balaban J connectivity index is 2.66. The van der Waals surface area contributed by atoms with Crippen LogP contribution in [0.15, 0.2) is 36.4 Å². The molecule has 15 heavy (non-hydrogen) atoms. The minimum atomic E-state index is -2.04. The highest BCUT2D eigenvalue weighted by Crippen LogP contribution is 2.33. The lowest BCUT2D eigenvalue weighted by Crippen LogP contribution is -2.45. The van der Waals surface area contributed by atoms with Gasteiger partial charge in [-0.05, 0) is 30.5 Å². The number of hydrogen-bond donors (Lipinski definition) is 1. The smallest absolute Gasteiger partial charge is 0.179 e. The van der Waals surface area contributed by atoms with E-state index in [1.165, 1.54) is 0 Å². The highest BCUT2D eigenvalue weighted by molar-refractivity contribution is 6.31. The van der Waals surface area contributed by atoms with Crippen LogP contribution in [-0.2, 0) is 10.3 Å². The fraction of sp³-hybridized carbons (Fsp3) is 0.250. The van der Waals surface area contributed by atoms with Gasteiger partial charge in [0.2, 0.25) is 0 Å². The Morgan fingerprint density at radius 2 is 2.27 bits per heavy atom. The Hall–Kier alpha value is -1.12. The summed E-state index contributed by atoms with van der Waals surface area (Å²) >= 11 is 6.01. The van der Waals surface area contributed by atoms with Gasteiger partial charge >= 0.3 is 0 Å². The lowest BCUT2D eigenvalue weighted by atomic mass is 9.79. The largest absolute Gasteiger partial charge is 0.315 e. The monoisotopic (exact) mass is 224 g/mol. The number of rotatable bonds is 1. The Morgan fingerprint density at radius 1 is 1.53 bits per heavy atom. The van der Waals surface area contributed by atoms with Gasteiger partial charge in [0.1, 0.15) is 5.54 Å². The number of nitrogens with two attached hydrogens (primary N) is 1. The van der Waals surface area contributed by atoms with Crippen LogP contribution in [0.3, 0.4) is 0 Å². The van der Waals surface area contributed by atoms with Gasteiger partial charge in [-0.2, -0.15) is 0 Å². The SMILES string of the molecule is [2H]C1=CC(=O)C(N)(c2ccccc2Cl)C([2H])([2H])C1. The Morgan fingerprint density at radius 3 is 2.93 bits per heavy atom. The molecule has 0 radical (unpaired) electrons. The first-order chi connectivity index (χ1) is 8.29. The molecule has 1 aromatic carbocycles. The summed E-state index contributed by atoms with van der Waals surface area (Å²) in [5.41, 5.74) is 4.45. The summed E-state index contributed by atoms with van der Waals surface area (Å²) in [6.07, 6.45) is -1.17. The molecular weight excluding hydrogens is 210 g/mol. The summed E-state index contributed by atoms with van der Waals surface area (Å²) < 4.78 is 23.4. The van der Waals surface area contributed by atoms with Crippen molar-refractivity contribution in [3.8, 4) is 0 Å². The Bertz CT molecular complexity index is 544. The van der Waals surface area contributed by atoms with Gasteiger partial charge in [0.15, 0.2) is 5.78 Å². The lowest BCUT2D eigenvalue weighted by Gasteiger charge is -2.30. The summed E-state index contributed by atoms with van der Waals surface area (Å²) in [6, 6.07) is 6.39. The maximum absolute atomic E-state index is 12.1. The number of carbonyl (C=O) groups is 1. The molecule has 2 nitrogen and oxygen atoms in total. The lowest BCUT2D eigenvalue weighted by molar-refractivity contribution is -0.120. The van der Waals surface area contributed by atoms with E-state index in [-0.39, 0.29) is 23.1 Å². The summed E-state index contributed by atoms with van der Waals surface area (Å²) in [5, 5.41) is 0.249. The van der Waals surface area contributed by atoms with Crippen molar-refractivity contribution in [2.45, 2.75) is 18.3 Å². The van der Waals surface area contributed by atoms with E-state index in [4.69, 9.17) is 21.4 Å². The van der Waals surface area contributed by atoms with Crippen LogP contribution in [0.4, 0.5) is 0 Å². The van der Waals surface area contributed by atoms with E-state index in [1.807, 2.05) is 0 Å². The van der Waals surface area contributed by atoms with E-state index in [0.717, 1.165) is 6.08 Å². The van der Waals surface area contributed by atoms with Crippen molar-refractivity contribution in [3.63, 3.8) is 0 Å². The first-order valence-corrected chi connectivity index (χ1v) is 4.92. The van der Waals surface area contributed by atoms with E-state index < -0.39 is 17.7 Å². The predicted octanol–water partition coefficient (Wildman–Crippen LogP) is 2.41. The van der Waals surface area contributed by atoms with Gasteiger partial charge in [-0.3, -0.25) is 4.79 Å². The van der Waals surface area contributed by atoms with Gasteiger partial charge in [-0.1, -0.05) is 35.9 Å². The maximum Gasteiger partial charge on any atom is 0.179 e. The summed E-state index contributed by atoms with van der Waals surface area (Å²) in [5.74, 6) is -0.628. The van der Waals surface area contributed by atoms with Crippen LogP contribution in [0.1, 0.15) is 22.5 Å². The zero-order valence-corrected chi connectivity index (χ0v) is 8.71. The molecule has 1 aliphatic carbocycles. The van der Waals surface area contributed by atoms with Crippen molar-refractivity contribution in [2.75, 3.05) is 0 Å². The van der Waals surface area contributed by atoms with Crippen molar-refractivity contribution in [2.24, 2.45) is 5.73 Å². The van der Waals surface area contributed by atoms with E-state index in [9.17, 15) is 4.79 Å². The first kappa shape index (κ1) is 7.20. The Kier molecular flexibility index (Phi) is 1.82.